The van der Waals surface area contributed by atoms with Gasteiger partial charge in [-0.1, -0.05) is 18.2 Å². The Labute approximate surface area is 96.2 Å². The molecule has 1 aliphatic rings. The van der Waals surface area contributed by atoms with Crippen molar-refractivity contribution in [3.8, 4) is 5.75 Å². The number of nitrogens with two attached hydrogens (primary N) is 1. The summed E-state index contributed by atoms with van der Waals surface area (Å²) in [5.41, 5.74) is 6.84. The zero-order valence-corrected chi connectivity index (χ0v) is 9.43. The summed E-state index contributed by atoms with van der Waals surface area (Å²) in [6.45, 7) is 2.21. The molecule has 0 saturated carbocycles. The molecule has 1 atom stereocenters. The Morgan fingerprint density at radius 1 is 1.31 bits per heavy atom. The van der Waals surface area contributed by atoms with E-state index in [4.69, 9.17) is 10.5 Å². The minimum atomic E-state index is 0.255. The van der Waals surface area contributed by atoms with Crippen molar-refractivity contribution in [1.29, 1.82) is 0 Å². The predicted octanol–water partition coefficient (Wildman–Crippen LogP) is 1.86. The van der Waals surface area contributed by atoms with Crippen LogP contribution in [0.2, 0.25) is 0 Å². The Hall–Kier alpha value is -1.06. The molecule has 0 aromatic heterocycles. The van der Waals surface area contributed by atoms with Crippen molar-refractivity contribution in [2.75, 3.05) is 19.8 Å². The van der Waals surface area contributed by atoms with E-state index in [1.54, 1.807) is 6.07 Å². The van der Waals surface area contributed by atoms with Gasteiger partial charge in [-0.3, -0.25) is 0 Å². The number of hydrogen-bond donors (Lipinski definition) is 2. The molecule has 3 nitrogen and oxygen atoms in total. The molecular weight excluding hydrogens is 202 g/mol. The fourth-order valence-corrected chi connectivity index (χ4v) is 2.49. The van der Waals surface area contributed by atoms with Gasteiger partial charge in [0, 0.05) is 19.1 Å². The average Bonchev–Trinajstić information content (AvgIpc) is 2.34. The first-order valence-corrected chi connectivity index (χ1v) is 5.88. The number of rotatable bonds is 3. The maximum atomic E-state index is 9.86. The zero-order chi connectivity index (χ0) is 11.4. The molecule has 1 fully saturated rings. The van der Waals surface area contributed by atoms with E-state index in [9.17, 15) is 5.11 Å². The van der Waals surface area contributed by atoms with Gasteiger partial charge in [-0.2, -0.15) is 0 Å². The van der Waals surface area contributed by atoms with Crippen LogP contribution in [0.25, 0.3) is 0 Å². The summed E-state index contributed by atoms with van der Waals surface area (Å²) < 4.78 is 5.36. The second-order valence-electron chi connectivity index (χ2n) is 4.35. The molecule has 1 heterocycles. The first-order chi connectivity index (χ1) is 7.83. The van der Waals surface area contributed by atoms with Crippen LogP contribution in [0.4, 0.5) is 0 Å². The van der Waals surface area contributed by atoms with Gasteiger partial charge in [-0.05, 0) is 36.9 Å². The summed E-state index contributed by atoms with van der Waals surface area (Å²) in [5, 5.41) is 9.86. The number of phenolic OH excluding ortho intramolecular Hbond substituents is 1. The molecule has 0 bridgehead atoms. The minimum Gasteiger partial charge on any atom is -0.508 e. The van der Waals surface area contributed by atoms with Crippen molar-refractivity contribution in [3.63, 3.8) is 0 Å². The van der Waals surface area contributed by atoms with E-state index in [2.05, 4.69) is 0 Å². The smallest absolute Gasteiger partial charge is 0.119 e. The molecule has 1 saturated heterocycles. The summed E-state index contributed by atoms with van der Waals surface area (Å²) >= 11 is 0. The fraction of sp³-hybridized carbons (Fsp3) is 0.538. The van der Waals surface area contributed by atoms with E-state index in [1.807, 2.05) is 18.2 Å². The van der Waals surface area contributed by atoms with E-state index in [1.165, 1.54) is 0 Å². The standard InChI is InChI=1S/C13H19NO2/c14-9-12(10-5-7-16-8-6-10)11-3-1-2-4-13(11)15/h1-4,10,12,15H,5-9,14H2. The van der Waals surface area contributed by atoms with Gasteiger partial charge < -0.3 is 15.6 Å². The molecule has 88 valence electrons. The monoisotopic (exact) mass is 221 g/mol. The summed E-state index contributed by atoms with van der Waals surface area (Å²) in [5.74, 6) is 1.15. The number of para-hydroxylation sites is 1. The lowest BCUT2D eigenvalue weighted by molar-refractivity contribution is 0.0583. The van der Waals surface area contributed by atoms with E-state index >= 15 is 0 Å². The molecule has 0 spiro atoms. The predicted molar refractivity (Wildman–Crippen MR) is 63.4 cm³/mol. The molecule has 1 aliphatic heterocycles. The van der Waals surface area contributed by atoms with Gasteiger partial charge >= 0.3 is 0 Å². The van der Waals surface area contributed by atoms with Gasteiger partial charge in [0.1, 0.15) is 5.75 Å². The topological polar surface area (TPSA) is 55.5 Å². The number of hydrogen-bond acceptors (Lipinski definition) is 3. The van der Waals surface area contributed by atoms with Gasteiger partial charge in [-0.25, -0.2) is 0 Å². The SMILES string of the molecule is NCC(c1ccccc1O)C1CCOCC1. The van der Waals surface area contributed by atoms with Crippen molar-refractivity contribution < 1.29 is 9.84 Å². The molecule has 1 aromatic carbocycles. The molecule has 16 heavy (non-hydrogen) atoms. The number of aromatic hydroxyl groups is 1. The summed E-state index contributed by atoms with van der Waals surface area (Å²) in [6.07, 6.45) is 2.08. The first-order valence-electron chi connectivity index (χ1n) is 5.88. The van der Waals surface area contributed by atoms with Crippen molar-refractivity contribution in [2.24, 2.45) is 11.7 Å². The second kappa shape index (κ2) is 5.32. The number of phenols is 1. The second-order valence-corrected chi connectivity index (χ2v) is 4.35. The summed E-state index contributed by atoms with van der Waals surface area (Å²) in [4.78, 5) is 0. The van der Waals surface area contributed by atoms with Crippen LogP contribution in [0.3, 0.4) is 0 Å². The molecule has 0 aliphatic carbocycles. The Bertz CT molecular complexity index is 334. The average molecular weight is 221 g/mol. The van der Waals surface area contributed by atoms with E-state index in [0.717, 1.165) is 31.6 Å². The van der Waals surface area contributed by atoms with Crippen LogP contribution in [-0.4, -0.2) is 24.9 Å². The van der Waals surface area contributed by atoms with Gasteiger partial charge in [0.25, 0.3) is 0 Å². The molecular formula is C13H19NO2. The Morgan fingerprint density at radius 3 is 2.62 bits per heavy atom. The largest absolute Gasteiger partial charge is 0.508 e. The third-order valence-electron chi connectivity index (χ3n) is 3.43. The maximum Gasteiger partial charge on any atom is 0.119 e. The highest BCUT2D eigenvalue weighted by Gasteiger charge is 2.25. The van der Waals surface area contributed by atoms with Crippen LogP contribution in [-0.2, 0) is 4.74 Å². The highest BCUT2D eigenvalue weighted by molar-refractivity contribution is 5.35. The molecule has 1 aromatic rings. The van der Waals surface area contributed by atoms with Crippen molar-refractivity contribution >= 4 is 0 Å². The Morgan fingerprint density at radius 2 is 2.00 bits per heavy atom. The number of benzene rings is 1. The molecule has 0 amide bonds. The first kappa shape index (κ1) is 11.4. The molecule has 3 N–H and O–H groups in total. The van der Waals surface area contributed by atoms with Gasteiger partial charge in [0.2, 0.25) is 0 Å². The van der Waals surface area contributed by atoms with Gasteiger partial charge in [-0.15, -0.1) is 0 Å². The highest BCUT2D eigenvalue weighted by atomic mass is 16.5. The maximum absolute atomic E-state index is 9.86. The van der Waals surface area contributed by atoms with Crippen LogP contribution in [0.1, 0.15) is 24.3 Å². The quantitative estimate of drug-likeness (QED) is 0.819. The van der Waals surface area contributed by atoms with Crippen molar-refractivity contribution in [1.82, 2.24) is 0 Å². The Balaban J connectivity index is 2.18. The third-order valence-corrected chi connectivity index (χ3v) is 3.43. The van der Waals surface area contributed by atoms with Crippen LogP contribution < -0.4 is 5.73 Å². The molecule has 3 heteroatoms. The Kier molecular flexibility index (Phi) is 3.80. The third kappa shape index (κ3) is 2.36. The molecule has 2 rings (SSSR count). The van der Waals surface area contributed by atoms with Crippen LogP contribution >= 0.6 is 0 Å². The summed E-state index contributed by atoms with van der Waals surface area (Å²) in [7, 11) is 0. The van der Waals surface area contributed by atoms with Gasteiger partial charge in [0.05, 0.1) is 0 Å². The lowest BCUT2D eigenvalue weighted by Gasteiger charge is -2.30. The highest BCUT2D eigenvalue weighted by Crippen LogP contribution is 2.35. The minimum absolute atomic E-state index is 0.255. The normalized spacial score (nSPS) is 19.6. The van der Waals surface area contributed by atoms with E-state index in [-0.39, 0.29) is 5.92 Å². The van der Waals surface area contributed by atoms with E-state index in [0.29, 0.717) is 18.2 Å². The fourth-order valence-electron chi connectivity index (χ4n) is 2.49. The number of ether oxygens (including phenoxy) is 1. The summed E-state index contributed by atoms with van der Waals surface area (Å²) in [6, 6.07) is 7.51. The van der Waals surface area contributed by atoms with Crippen LogP contribution in [0.15, 0.2) is 24.3 Å². The van der Waals surface area contributed by atoms with Crippen LogP contribution in [0.5, 0.6) is 5.75 Å². The van der Waals surface area contributed by atoms with Crippen LogP contribution in [0, 0.1) is 5.92 Å². The zero-order valence-electron chi connectivity index (χ0n) is 9.43. The molecule has 0 radical (unpaired) electrons. The lowest BCUT2D eigenvalue weighted by atomic mass is 9.81. The molecule has 1 unspecified atom stereocenters. The van der Waals surface area contributed by atoms with Gasteiger partial charge in [0.15, 0.2) is 0 Å². The van der Waals surface area contributed by atoms with E-state index < -0.39 is 0 Å². The van der Waals surface area contributed by atoms with Crippen molar-refractivity contribution in [3.05, 3.63) is 29.8 Å². The van der Waals surface area contributed by atoms with Crippen molar-refractivity contribution in [2.45, 2.75) is 18.8 Å². The lowest BCUT2D eigenvalue weighted by Crippen LogP contribution is -2.27.